The molecule has 1 amide bonds. The van der Waals surface area contributed by atoms with E-state index in [0.29, 0.717) is 5.75 Å². The van der Waals surface area contributed by atoms with Crippen LogP contribution in [-0.4, -0.2) is 46.4 Å². The van der Waals surface area contributed by atoms with Crippen molar-refractivity contribution >= 4 is 12.1 Å². The molecule has 0 spiro atoms. The molecule has 1 fully saturated rings. The van der Waals surface area contributed by atoms with E-state index in [1.165, 1.54) is 4.90 Å². The predicted octanol–water partition coefficient (Wildman–Crippen LogP) is 2.59. The maximum Gasteiger partial charge on any atom is 0.411 e. The summed E-state index contributed by atoms with van der Waals surface area (Å²) in [4.78, 5) is 25.0. The highest BCUT2D eigenvalue weighted by molar-refractivity contribution is 5.81. The van der Waals surface area contributed by atoms with E-state index in [1.807, 2.05) is 0 Å². The maximum absolute atomic E-state index is 12.3. The van der Waals surface area contributed by atoms with Crippen LogP contribution < -0.4 is 4.74 Å². The third-order valence-electron chi connectivity index (χ3n) is 3.71. The maximum atomic E-state index is 12.3. The van der Waals surface area contributed by atoms with Crippen LogP contribution in [0.1, 0.15) is 32.8 Å². The average molecular weight is 346 g/mol. The SMILES string of the molecule is CC(C)(C)OC(=O)N1CC(Oc2ccccc2CC#N)CC1C(=O)O. The van der Waals surface area contributed by atoms with Crippen LogP contribution in [0.2, 0.25) is 0 Å². The van der Waals surface area contributed by atoms with Crippen molar-refractivity contribution in [3.63, 3.8) is 0 Å². The molecule has 2 atom stereocenters. The number of para-hydroxylation sites is 1. The number of aliphatic carboxylic acids is 1. The normalized spacial score (nSPS) is 20.0. The van der Waals surface area contributed by atoms with E-state index < -0.39 is 29.8 Å². The summed E-state index contributed by atoms with van der Waals surface area (Å²) in [6.07, 6.45) is -0.791. The van der Waals surface area contributed by atoms with Gasteiger partial charge in [0.15, 0.2) is 0 Å². The Kier molecular flexibility index (Phi) is 5.52. The van der Waals surface area contributed by atoms with E-state index in [1.54, 1.807) is 45.0 Å². The predicted molar refractivity (Wildman–Crippen MR) is 89.2 cm³/mol. The minimum atomic E-state index is -1.10. The van der Waals surface area contributed by atoms with Gasteiger partial charge in [0.05, 0.1) is 19.0 Å². The Bertz CT molecular complexity index is 689. The zero-order valence-corrected chi connectivity index (χ0v) is 14.6. The van der Waals surface area contributed by atoms with Crippen LogP contribution >= 0.6 is 0 Å². The molecule has 1 aromatic rings. The lowest BCUT2D eigenvalue weighted by Crippen LogP contribution is -2.43. The van der Waals surface area contributed by atoms with Gasteiger partial charge in [-0.3, -0.25) is 4.90 Å². The smallest absolute Gasteiger partial charge is 0.411 e. The Morgan fingerprint density at radius 2 is 2.04 bits per heavy atom. The lowest BCUT2D eigenvalue weighted by molar-refractivity contribution is -0.142. The number of carboxylic acid groups (broad SMARTS) is 1. The van der Waals surface area contributed by atoms with Gasteiger partial charge in [-0.1, -0.05) is 18.2 Å². The molecule has 0 bridgehead atoms. The summed E-state index contributed by atoms with van der Waals surface area (Å²) in [7, 11) is 0. The minimum absolute atomic E-state index is 0.118. The van der Waals surface area contributed by atoms with Gasteiger partial charge in [-0.15, -0.1) is 0 Å². The number of nitrogens with zero attached hydrogens (tertiary/aromatic N) is 2. The number of nitriles is 1. The highest BCUT2D eigenvalue weighted by atomic mass is 16.6. The molecule has 1 aromatic carbocycles. The van der Waals surface area contributed by atoms with Crippen molar-refractivity contribution in [2.45, 2.75) is 51.4 Å². The van der Waals surface area contributed by atoms with Crippen molar-refractivity contribution < 1.29 is 24.2 Å². The Balaban J connectivity index is 2.13. The highest BCUT2D eigenvalue weighted by Crippen LogP contribution is 2.27. The molecule has 7 nitrogen and oxygen atoms in total. The summed E-state index contributed by atoms with van der Waals surface area (Å²) < 4.78 is 11.2. The second kappa shape index (κ2) is 7.43. The van der Waals surface area contributed by atoms with E-state index >= 15 is 0 Å². The second-order valence-corrected chi connectivity index (χ2v) is 6.90. The van der Waals surface area contributed by atoms with Gasteiger partial charge in [0.1, 0.15) is 23.5 Å². The molecule has 25 heavy (non-hydrogen) atoms. The van der Waals surface area contributed by atoms with Gasteiger partial charge in [-0.05, 0) is 26.8 Å². The van der Waals surface area contributed by atoms with Gasteiger partial charge in [-0.25, -0.2) is 9.59 Å². The van der Waals surface area contributed by atoms with E-state index in [9.17, 15) is 14.7 Å². The fourth-order valence-electron chi connectivity index (χ4n) is 2.67. The summed E-state index contributed by atoms with van der Waals surface area (Å²) in [6.45, 7) is 5.29. The number of hydrogen-bond acceptors (Lipinski definition) is 5. The Labute approximate surface area is 146 Å². The van der Waals surface area contributed by atoms with Crippen molar-refractivity contribution in [2.75, 3.05) is 6.54 Å². The summed E-state index contributed by atoms with van der Waals surface area (Å²) in [5, 5.41) is 18.3. The third-order valence-corrected chi connectivity index (χ3v) is 3.71. The van der Waals surface area contributed by atoms with Crippen molar-refractivity contribution in [3.8, 4) is 11.8 Å². The van der Waals surface area contributed by atoms with Crippen molar-refractivity contribution in [3.05, 3.63) is 29.8 Å². The number of carbonyl (C=O) groups is 2. The van der Waals surface area contributed by atoms with Gasteiger partial charge in [0.25, 0.3) is 0 Å². The molecule has 134 valence electrons. The van der Waals surface area contributed by atoms with Crippen molar-refractivity contribution in [2.24, 2.45) is 0 Å². The van der Waals surface area contributed by atoms with E-state index in [2.05, 4.69) is 6.07 Å². The number of ether oxygens (including phenoxy) is 2. The van der Waals surface area contributed by atoms with E-state index in [4.69, 9.17) is 14.7 Å². The summed E-state index contributed by atoms with van der Waals surface area (Å²) in [6, 6.07) is 8.18. The number of benzene rings is 1. The zero-order chi connectivity index (χ0) is 18.6. The lowest BCUT2D eigenvalue weighted by Gasteiger charge is -2.26. The summed E-state index contributed by atoms with van der Waals surface area (Å²) in [5.74, 6) is -0.563. The lowest BCUT2D eigenvalue weighted by atomic mass is 10.1. The van der Waals surface area contributed by atoms with Crippen LogP contribution in [0.25, 0.3) is 0 Å². The number of carboxylic acids is 1. The number of hydrogen-bond donors (Lipinski definition) is 1. The molecule has 0 aliphatic carbocycles. The Morgan fingerprint density at radius 1 is 1.36 bits per heavy atom. The largest absolute Gasteiger partial charge is 0.488 e. The van der Waals surface area contributed by atoms with E-state index in [-0.39, 0.29) is 19.4 Å². The molecule has 1 aliphatic heterocycles. The number of likely N-dealkylation sites (tertiary alicyclic amines) is 1. The fourth-order valence-corrected chi connectivity index (χ4v) is 2.67. The quantitative estimate of drug-likeness (QED) is 0.899. The number of amides is 1. The molecule has 1 aliphatic rings. The first-order valence-electron chi connectivity index (χ1n) is 8.05. The van der Waals surface area contributed by atoms with Crippen LogP contribution in [0.3, 0.4) is 0 Å². The molecule has 1 heterocycles. The minimum Gasteiger partial charge on any atom is -0.488 e. The topological polar surface area (TPSA) is 99.9 Å². The van der Waals surface area contributed by atoms with Crippen LogP contribution in [0.15, 0.2) is 24.3 Å². The Hall–Kier alpha value is -2.75. The first-order valence-corrected chi connectivity index (χ1v) is 8.05. The standard InChI is InChI=1S/C18H22N2O5/c1-18(2,3)25-17(23)20-11-13(10-14(20)16(21)22)24-15-7-5-4-6-12(15)8-9-19/h4-7,13-14H,8,10-11H2,1-3H3,(H,21,22). The van der Waals surface area contributed by atoms with Gasteiger partial charge < -0.3 is 14.6 Å². The summed E-state index contributed by atoms with van der Waals surface area (Å²) >= 11 is 0. The molecule has 0 aromatic heterocycles. The summed E-state index contributed by atoms with van der Waals surface area (Å²) in [5.41, 5.74) is 0.0194. The Morgan fingerprint density at radius 3 is 2.64 bits per heavy atom. The average Bonchev–Trinajstić information content (AvgIpc) is 2.92. The van der Waals surface area contributed by atoms with E-state index in [0.717, 1.165) is 5.56 Å². The number of rotatable bonds is 4. The first-order chi connectivity index (χ1) is 11.7. The number of carbonyl (C=O) groups excluding carboxylic acids is 1. The highest BCUT2D eigenvalue weighted by Gasteiger charge is 2.42. The van der Waals surface area contributed by atoms with Crippen LogP contribution in [0, 0.1) is 11.3 Å². The van der Waals surface area contributed by atoms with Crippen molar-refractivity contribution in [1.82, 2.24) is 4.90 Å². The second-order valence-electron chi connectivity index (χ2n) is 6.90. The fraction of sp³-hybridized carbons (Fsp3) is 0.500. The molecule has 2 rings (SSSR count). The van der Waals surface area contributed by atoms with Gasteiger partial charge >= 0.3 is 12.1 Å². The molecule has 1 N–H and O–H groups in total. The van der Waals surface area contributed by atoms with Crippen molar-refractivity contribution in [1.29, 1.82) is 5.26 Å². The molecule has 7 heteroatoms. The van der Waals surface area contributed by atoms with Gasteiger partial charge in [0, 0.05) is 12.0 Å². The molecule has 0 radical (unpaired) electrons. The molecular weight excluding hydrogens is 324 g/mol. The van der Waals surface area contributed by atoms with Crippen LogP contribution in [-0.2, 0) is 16.0 Å². The first kappa shape index (κ1) is 18.6. The van der Waals surface area contributed by atoms with Crippen LogP contribution in [0.4, 0.5) is 4.79 Å². The zero-order valence-electron chi connectivity index (χ0n) is 14.6. The molecule has 1 saturated heterocycles. The third kappa shape index (κ3) is 4.86. The molecular formula is C18H22N2O5. The molecule has 2 unspecified atom stereocenters. The molecule has 0 saturated carbocycles. The van der Waals surface area contributed by atoms with Crippen LogP contribution in [0.5, 0.6) is 5.75 Å². The van der Waals surface area contributed by atoms with Gasteiger partial charge in [-0.2, -0.15) is 5.26 Å². The van der Waals surface area contributed by atoms with Gasteiger partial charge in [0.2, 0.25) is 0 Å². The monoisotopic (exact) mass is 346 g/mol.